The Morgan fingerprint density at radius 2 is 2.43 bits per heavy atom. The summed E-state index contributed by atoms with van der Waals surface area (Å²) in [5, 5.41) is 8.67. The molecule has 1 aliphatic rings. The lowest BCUT2D eigenvalue weighted by molar-refractivity contribution is -0.143. The zero-order valence-corrected chi connectivity index (χ0v) is 8.54. The molecule has 0 aromatic heterocycles. The summed E-state index contributed by atoms with van der Waals surface area (Å²) in [6.07, 6.45) is 0. The summed E-state index contributed by atoms with van der Waals surface area (Å²) in [7, 11) is 0. The van der Waals surface area contributed by atoms with Gasteiger partial charge in [0, 0.05) is 11.5 Å². The van der Waals surface area contributed by atoms with Crippen molar-refractivity contribution in [1.82, 2.24) is 0 Å². The van der Waals surface area contributed by atoms with Gasteiger partial charge in [0.1, 0.15) is 5.71 Å². The van der Waals surface area contributed by atoms with Crippen molar-refractivity contribution in [2.24, 2.45) is 4.99 Å². The number of hydrogen-bond donors (Lipinski definition) is 1. The largest absolute Gasteiger partial charge is 0.477 e. The van der Waals surface area contributed by atoms with Crippen LogP contribution < -0.4 is 0 Å². The third kappa shape index (κ3) is 2.73. The highest BCUT2D eigenvalue weighted by Gasteiger charge is 2.25. The number of carbonyl (C=O) groups excluding carboxylic acids is 1. The number of carboxylic acids is 1. The van der Waals surface area contributed by atoms with Crippen LogP contribution in [0.1, 0.15) is 6.92 Å². The van der Waals surface area contributed by atoms with E-state index in [0.717, 1.165) is 0 Å². The van der Waals surface area contributed by atoms with Crippen molar-refractivity contribution < 1.29 is 19.4 Å². The highest BCUT2D eigenvalue weighted by molar-refractivity contribution is 8.00. The van der Waals surface area contributed by atoms with Gasteiger partial charge < -0.3 is 9.84 Å². The van der Waals surface area contributed by atoms with Gasteiger partial charge in [-0.3, -0.25) is 4.99 Å². The molecule has 78 valence electrons. The van der Waals surface area contributed by atoms with Crippen LogP contribution in [0.25, 0.3) is 0 Å². The maximum absolute atomic E-state index is 11.2. The molecule has 0 saturated carbocycles. The second-order valence-electron chi connectivity index (χ2n) is 2.66. The summed E-state index contributed by atoms with van der Waals surface area (Å²) in [4.78, 5) is 25.6. The van der Waals surface area contributed by atoms with Crippen molar-refractivity contribution in [1.29, 1.82) is 0 Å². The van der Waals surface area contributed by atoms with Gasteiger partial charge >= 0.3 is 11.9 Å². The van der Waals surface area contributed by atoms with Crippen LogP contribution in [0.2, 0.25) is 0 Å². The number of carbonyl (C=O) groups is 2. The molecule has 0 unspecified atom stereocenters. The first kappa shape index (κ1) is 11.0. The summed E-state index contributed by atoms with van der Waals surface area (Å²) in [5.74, 6) is -0.661. The molecule has 1 N–H and O–H groups in total. The first-order valence-electron chi connectivity index (χ1n) is 4.19. The van der Waals surface area contributed by atoms with E-state index in [2.05, 4.69) is 4.99 Å². The number of thioether (sulfide) groups is 1. The van der Waals surface area contributed by atoms with Gasteiger partial charge in [-0.2, -0.15) is 11.8 Å². The lowest BCUT2D eigenvalue weighted by Gasteiger charge is -2.16. The Kier molecular flexibility index (Phi) is 3.94. The Labute approximate surface area is 85.5 Å². The predicted octanol–water partition coefficient (Wildman–Crippen LogP) is 0.190. The maximum atomic E-state index is 11.2. The third-order valence-electron chi connectivity index (χ3n) is 1.63. The molecule has 5 nitrogen and oxygen atoms in total. The average molecular weight is 217 g/mol. The Balaban J connectivity index is 2.67. The number of carboxylic acid groups (broad SMARTS) is 1. The summed E-state index contributed by atoms with van der Waals surface area (Å²) < 4.78 is 4.76. The van der Waals surface area contributed by atoms with Crippen LogP contribution in [-0.2, 0) is 14.3 Å². The highest BCUT2D eigenvalue weighted by Crippen LogP contribution is 2.14. The van der Waals surface area contributed by atoms with Crippen molar-refractivity contribution in [3.63, 3.8) is 0 Å². The fourth-order valence-electron chi connectivity index (χ4n) is 1.01. The van der Waals surface area contributed by atoms with Gasteiger partial charge in [-0.15, -0.1) is 0 Å². The lowest BCUT2D eigenvalue weighted by atomic mass is 10.3. The highest BCUT2D eigenvalue weighted by atomic mass is 32.2. The zero-order chi connectivity index (χ0) is 10.6. The first-order chi connectivity index (χ1) is 6.65. The summed E-state index contributed by atoms with van der Waals surface area (Å²) in [6, 6.07) is -0.653. The quantitative estimate of drug-likeness (QED) is 0.683. The molecule has 0 aliphatic carbocycles. The SMILES string of the molecule is CCOC(=O)[C@@H]1CSCC(C(=O)O)=N1. The number of aliphatic carboxylic acids is 1. The fourth-order valence-corrected chi connectivity index (χ4v) is 1.95. The van der Waals surface area contributed by atoms with Crippen LogP contribution in [0.4, 0.5) is 0 Å². The second-order valence-corrected chi connectivity index (χ2v) is 3.69. The van der Waals surface area contributed by atoms with E-state index in [0.29, 0.717) is 11.5 Å². The molecule has 1 rings (SSSR count). The van der Waals surface area contributed by atoms with E-state index in [-0.39, 0.29) is 12.3 Å². The average Bonchev–Trinajstić information content (AvgIpc) is 2.18. The van der Waals surface area contributed by atoms with E-state index in [4.69, 9.17) is 9.84 Å². The minimum atomic E-state index is -1.06. The normalized spacial score (nSPS) is 21.2. The first-order valence-corrected chi connectivity index (χ1v) is 5.35. The smallest absolute Gasteiger partial charge is 0.350 e. The number of aliphatic imine (C=N–C) groups is 1. The molecular formula is C8H11NO4S. The Hall–Kier alpha value is -1.04. The van der Waals surface area contributed by atoms with Crippen LogP contribution in [0.15, 0.2) is 4.99 Å². The predicted molar refractivity (Wildman–Crippen MR) is 52.8 cm³/mol. The minimum absolute atomic E-state index is 0.0410. The molecule has 14 heavy (non-hydrogen) atoms. The fraction of sp³-hybridized carbons (Fsp3) is 0.625. The Bertz CT molecular complexity index is 277. The molecule has 0 bridgehead atoms. The number of hydrogen-bond acceptors (Lipinski definition) is 5. The lowest BCUT2D eigenvalue weighted by Crippen LogP contribution is -2.32. The Morgan fingerprint density at radius 3 is 3.00 bits per heavy atom. The molecule has 0 radical (unpaired) electrons. The molecule has 0 amide bonds. The van der Waals surface area contributed by atoms with Crippen molar-refractivity contribution in [2.75, 3.05) is 18.1 Å². The van der Waals surface area contributed by atoms with Gasteiger partial charge in [-0.25, -0.2) is 9.59 Å². The third-order valence-corrected chi connectivity index (χ3v) is 2.66. The molecule has 0 saturated heterocycles. The molecule has 1 aliphatic heterocycles. The minimum Gasteiger partial charge on any atom is -0.477 e. The molecular weight excluding hydrogens is 206 g/mol. The molecule has 0 spiro atoms. The van der Waals surface area contributed by atoms with Crippen LogP contribution in [-0.4, -0.2) is 46.9 Å². The summed E-state index contributed by atoms with van der Waals surface area (Å²) in [5.41, 5.74) is 0.0410. The standard InChI is InChI=1S/C8H11NO4S/c1-2-13-8(12)6-4-14-3-5(9-6)7(10)11/h6H,2-4H2,1H3,(H,10,11)/t6-/m0/s1. The van der Waals surface area contributed by atoms with Gasteiger partial charge in [0.05, 0.1) is 6.61 Å². The molecule has 0 fully saturated rings. The topological polar surface area (TPSA) is 76.0 Å². The molecule has 0 aromatic rings. The van der Waals surface area contributed by atoms with Crippen LogP contribution in [0.3, 0.4) is 0 Å². The molecule has 1 atom stereocenters. The Morgan fingerprint density at radius 1 is 1.71 bits per heavy atom. The molecule has 0 aromatic carbocycles. The van der Waals surface area contributed by atoms with Crippen LogP contribution >= 0.6 is 11.8 Å². The number of rotatable bonds is 3. The number of esters is 1. The van der Waals surface area contributed by atoms with Gasteiger partial charge in [0.25, 0.3) is 0 Å². The van der Waals surface area contributed by atoms with Crippen molar-refractivity contribution in [2.45, 2.75) is 13.0 Å². The van der Waals surface area contributed by atoms with Crippen LogP contribution in [0.5, 0.6) is 0 Å². The van der Waals surface area contributed by atoms with Crippen LogP contribution in [0, 0.1) is 0 Å². The van der Waals surface area contributed by atoms with Gasteiger partial charge in [-0.05, 0) is 6.92 Å². The van der Waals surface area contributed by atoms with E-state index in [1.165, 1.54) is 11.8 Å². The summed E-state index contributed by atoms with van der Waals surface area (Å²) >= 11 is 1.38. The number of ether oxygens (including phenoxy) is 1. The second kappa shape index (κ2) is 4.99. The van der Waals surface area contributed by atoms with E-state index in [9.17, 15) is 9.59 Å². The monoisotopic (exact) mass is 217 g/mol. The van der Waals surface area contributed by atoms with E-state index < -0.39 is 18.0 Å². The van der Waals surface area contributed by atoms with Crippen molar-refractivity contribution in [3.8, 4) is 0 Å². The van der Waals surface area contributed by atoms with Crippen molar-refractivity contribution >= 4 is 29.4 Å². The zero-order valence-electron chi connectivity index (χ0n) is 7.73. The summed E-state index contributed by atoms with van der Waals surface area (Å²) in [6.45, 7) is 1.99. The van der Waals surface area contributed by atoms with Gasteiger partial charge in [0.2, 0.25) is 0 Å². The number of nitrogens with zero attached hydrogens (tertiary/aromatic N) is 1. The van der Waals surface area contributed by atoms with E-state index in [1.807, 2.05) is 0 Å². The van der Waals surface area contributed by atoms with Gasteiger partial charge in [0.15, 0.2) is 6.04 Å². The van der Waals surface area contributed by atoms with Gasteiger partial charge in [-0.1, -0.05) is 0 Å². The molecule has 1 heterocycles. The molecule has 6 heteroatoms. The van der Waals surface area contributed by atoms with Crippen molar-refractivity contribution in [3.05, 3.63) is 0 Å². The van der Waals surface area contributed by atoms with E-state index in [1.54, 1.807) is 6.92 Å². The maximum Gasteiger partial charge on any atom is 0.350 e. The van der Waals surface area contributed by atoms with E-state index >= 15 is 0 Å².